The van der Waals surface area contributed by atoms with E-state index < -0.39 is 10.8 Å². The van der Waals surface area contributed by atoms with Crippen LogP contribution >= 0.6 is 11.6 Å². The summed E-state index contributed by atoms with van der Waals surface area (Å²) in [7, 11) is -0.987. The van der Waals surface area contributed by atoms with Crippen LogP contribution in [0.2, 0.25) is 5.02 Å². The largest absolute Gasteiger partial charge is 0.323 e. The lowest BCUT2D eigenvalue weighted by atomic mass is 10.2. The van der Waals surface area contributed by atoms with Crippen LogP contribution in [-0.2, 0) is 21.3 Å². The predicted octanol–water partition coefficient (Wildman–Crippen LogP) is 3.87. The van der Waals surface area contributed by atoms with Gasteiger partial charge in [0.25, 0.3) is 0 Å². The Labute approximate surface area is 137 Å². The van der Waals surface area contributed by atoms with Gasteiger partial charge in [0.15, 0.2) is 0 Å². The Kier molecular flexibility index (Phi) is 5.92. The van der Waals surface area contributed by atoms with Crippen LogP contribution in [0, 0.1) is 0 Å². The third-order valence-corrected chi connectivity index (χ3v) is 3.99. The van der Waals surface area contributed by atoms with E-state index in [0.29, 0.717) is 16.5 Å². The number of rotatable bonds is 5. The molecule has 0 spiro atoms. The molecule has 2 aromatic carbocycles. The minimum Gasteiger partial charge on any atom is -0.323 e. The topological polar surface area (TPSA) is 46.2 Å². The summed E-state index contributed by atoms with van der Waals surface area (Å²) >= 11 is 6.06. The minimum absolute atomic E-state index is 0.227. The van der Waals surface area contributed by atoms with E-state index in [9.17, 15) is 9.00 Å². The van der Waals surface area contributed by atoms with Crippen molar-refractivity contribution in [1.29, 1.82) is 0 Å². The molecule has 2 rings (SSSR count). The van der Waals surface area contributed by atoms with E-state index in [1.807, 2.05) is 30.3 Å². The van der Waals surface area contributed by atoms with Crippen LogP contribution < -0.4 is 5.32 Å². The molecule has 0 aliphatic heterocycles. The first kappa shape index (κ1) is 16.5. The van der Waals surface area contributed by atoms with E-state index in [1.165, 1.54) is 6.08 Å². The second-order valence-corrected chi connectivity index (χ2v) is 6.60. The number of anilines is 1. The van der Waals surface area contributed by atoms with Crippen LogP contribution in [0.5, 0.6) is 0 Å². The summed E-state index contributed by atoms with van der Waals surface area (Å²) in [5, 5.41) is 3.32. The minimum atomic E-state index is -0.987. The summed E-state index contributed by atoms with van der Waals surface area (Å²) in [6, 6.07) is 14.7. The first-order valence-electron chi connectivity index (χ1n) is 6.67. The van der Waals surface area contributed by atoms with Crippen LogP contribution in [0.1, 0.15) is 11.1 Å². The SMILES string of the molecule is C[S@](=O)Cc1cc(NC(=O)/C=C\c2ccccc2)ccc1Cl. The number of carbonyl (C=O) groups is 1. The van der Waals surface area contributed by atoms with Gasteiger partial charge in [0.05, 0.1) is 0 Å². The number of carbonyl (C=O) groups excluding carboxylic acids is 1. The van der Waals surface area contributed by atoms with Gasteiger partial charge in [0.2, 0.25) is 5.91 Å². The molecule has 3 nitrogen and oxygen atoms in total. The Morgan fingerprint density at radius 2 is 1.95 bits per heavy atom. The number of benzene rings is 2. The van der Waals surface area contributed by atoms with Gasteiger partial charge in [-0.2, -0.15) is 0 Å². The molecule has 1 N–H and O–H groups in total. The van der Waals surface area contributed by atoms with Crippen LogP contribution in [0.3, 0.4) is 0 Å². The molecule has 0 aliphatic carbocycles. The van der Waals surface area contributed by atoms with Crippen molar-refractivity contribution in [3.8, 4) is 0 Å². The quantitative estimate of drug-likeness (QED) is 0.844. The zero-order valence-corrected chi connectivity index (χ0v) is 13.7. The summed E-state index contributed by atoms with van der Waals surface area (Å²) in [4.78, 5) is 11.9. The molecule has 1 atom stereocenters. The molecule has 0 radical (unpaired) electrons. The fourth-order valence-corrected chi connectivity index (χ4v) is 2.84. The molecule has 2 aromatic rings. The Morgan fingerprint density at radius 3 is 2.64 bits per heavy atom. The van der Waals surface area contributed by atoms with Crippen LogP contribution in [-0.4, -0.2) is 16.4 Å². The molecule has 0 saturated heterocycles. The zero-order chi connectivity index (χ0) is 15.9. The van der Waals surface area contributed by atoms with E-state index in [-0.39, 0.29) is 5.91 Å². The third-order valence-electron chi connectivity index (χ3n) is 2.90. The molecule has 5 heteroatoms. The number of hydrogen-bond acceptors (Lipinski definition) is 2. The van der Waals surface area contributed by atoms with E-state index in [2.05, 4.69) is 5.32 Å². The van der Waals surface area contributed by atoms with Crippen molar-refractivity contribution < 1.29 is 9.00 Å². The van der Waals surface area contributed by atoms with Gasteiger partial charge in [0.1, 0.15) is 0 Å². The maximum atomic E-state index is 11.9. The molecule has 0 aliphatic rings. The van der Waals surface area contributed by atoms with Crippen molar-refractivity contribution >= 4 is 40.1 Å². The van der Waals surface area contributed by atoms with Crippen molar-refractivity contribution in [2.45, 2.75) is 5.75 Å². The van der Waals surface area contributed by atoms with Crippen molar-refractivity contribution in [2.75, 3.05) is 11.6 Å². The van der Waals surface area contributed by atoms with Crippen molar-refractivity contribution in [3.05, 3.63) is 70.8 Å². The highest BCUT2D eigenvalue weighted by atomic mass is 35.5. The van der Waals surface area contributed by atoms with Gasteiger partial charge in [-0.1, -0.05) is 41.9 Å². The summed E-state index contributed by atoms with van der Waals surface area (Å²) in [5.41, 5.74) is 2.34. The van der Waals surface area contributed by atoms with E-state index >= 15 is 0 Å². The summed E-state index contributed by atoms with van der Waals surface area (Å²) < 4.78 is 11.3. The molecule has 1 amide bonds. The van der Waals surface area contributed by atoms with Gasteiger partial charge in [-0.05, 0) is 35.4 Å². The first-order chi connectivity index (χ1) is 10.5. The smallest absolute Gasteiger partial charge is 0.248 e. The number of halogens is 1. The third kappa shape index (κ3) is 5.13. The molecule has 0 saturated carbocycles. The van der Waals surface area contributed by atoms with Gasteiger partial charge in [-0.3, -0.25) is 9.00 Å². The average molecular weight is 334 g/mol. The highest BCUT2D eigenvalue weighted by Gasteiger charge is 2.05. The molecule has 0 fully saturated rings. The molecule has 0 heterocycles. The monoisotopic (exact) mass is 333 g/mol. The van der Waals surface area contributed by atoms with E-state index in [4.69, 9.17) is 11.6 Å². The molecule has 114 valence electrons. The maximum Gasteiger partial charge on any atom is 0.248 e. The second kappa shape index (κ2) is 7.92. The predicted molar refractivity (Wildman–Crippen MR) is 93.3 cm³/mol. The lowest BCUT2D eigenvalue weighted by molar-refractivity contribution is -0.111. The van der Waals surface area contributed by atoms with Crippen LogP contribution in [0.4, 0.5) is 5.69 Å². The van der Waals surface area contributed by atoms with Gasteiger partial charge in [-0.25, -0.2) is 0 Å². The van der Waals surface area contributed by atoms with Crippen LogP contribution in [0.25, 0.3) is 6.08 Å². The molecule has 0 aromatic heterocycles. The Morgan fingerprint density at radius 1 is 1.23 bits per heavy atom. The highest BCUT2D eigenvalue weighted by Crippen LogP contribution is 2.21. The zero-order valence-electron chi connectivity index (χ0n) is 12.1. The summed E-state index contributed by atoms with van der Waals surface area (Å²) in [6.07, 6.45) is 4.83. The van der Waals surface area contributed by atoms with Gasteiger partial charge in [-0.15, -0.1) is 0 Å². The highest BCUT2D eigenvalue weighted by molar-refractivity contribution is 7.83. The van der Waals surface area contributed by atoms with Crippen LogP contribution in [0.15, 0.2) is 54.6 Å². The molecular formula is C17H16ClNO2S. The maximum absolute atomic E-state index is 11.9. The van der Waals surface area contributed by atoms with E-state index in [1.54, 1.807) is 30.5 Å². The van der Waals surface area contributed by atoms with Crippen molar-refractivity contribution in [2.24, 2.45) is 0 Å². The molecule has 0 bridgehead atoms. The number of nitrogens with one attached hydrogen (secondary N) is 1. The first-order valence-corrected chi connectivity index (χ1v) is 8.77. The fraction of sp³-hybridized carbons (Fsp3) is 0.118. The number of hydrogen-bond donors (Lipinski definition) is 1. The summed E-state index contributed by atoms with van der Waals surface area (Å²) in [5.74, 6) is 0.136. The average Bonchev–Trinajstić information content (AvgIpc) is 2.49. The van der Waals surface area contributed by atoms with E-state index in [0.717, 1.165) is 11.1 Å². The fourth-order valence-electron chi connectivity index (χ4n) is 1.90. The van der Waals surface area contributed by atoms with Gasteiger partial charge >= 0.3 is 0 Å². The van der Waals surface area contributed by atoms with Gasteiger partial charge in [0, 0.05) is 39.6 Å². The normalized spacial score (nSPS) is 12.3. The standard InChI is InChI=1S/C17H16ClNO2S/c1-22(21)12-14-11-15(8-9-16(14)18)19-17(20)10-7-13-5-3-2-4-6-13/h2-11H,12H2,1H3,(H,19,20)/b10-7-/t22-/m0/s1. The van der Waals surface area contributed by atoms with Crippen molar-refractivity contribution in [3.63, 3.8) is 0 Å². The summed E-state index contributed by atoms with van der Waals surface area (Å²) in [6.45, 7) is 0. The van der Waals surface area contributed by atoms with Crippen molar-refractivity contribution in [1.82, 2.24) is 0 Å². The lowest BCUT2D eigenvalue weighted by Crippen LogP contribution is -2.08. The molecule has 22 heavy (non-hydrogen) atoms. The van der Waals surface area contributed by atoms with Gasteiger partial charge < -0.3 is 5.32 Å². The second-order valence-electron chi connectivity index (χ2n) is 4.76. The Balaban J connectivity index is 2.05. The Hall–Kier alpha value is -1.91. The number of amides is 1. The lowest BCUT2D eigenvalue weighted by Gasteiger charge is -2.07. The molecular weight excluding hydrogens is 318 g/mol. The Bertz CT molecular complexity index is 714. The molecule has 0 unspecified atom stereocenters.